The molecule has 9 aromatic carbocycles. The summed E-state index contributed by atoms with van der Waals surface area (Å²) in [5, 5.41) is 10.1. The average molecular weight is 751 g/mol. The van der Waals surface area contributed by atoms with E-state index >= 15 is 0 Å². The third-order valence-corrected chi connectivity index (χ3v) is 12.7. The second-order valence-electron chi connectivity index (χ2n) is 15.6. The van der Waals surface area contributed by atoms with Crippen molar-refractivity contribution in [2.75, 3.05) is 0 Å². The van der Waals surface area contributed by atoms with Crippen LogP contribution in [0.2, 0.25) is 0 Å². The van der Waals surface area contributed by atoms with E-state index in [0.717, 1.165) is 71.3 Å². The zero-order valence-corrected chi connectivity index (χ0v) is 31.5. The molecule has 0 saturated heterocycles. The Morgan fingerprint density at radius 1 is 0.407 bits per heavy atom. The highest BCUT2D eigenvalue weighted by Crippen LogP contribution is 2.52. The molecule has 0 N–H and O–H groups in total. The summed E-state index contributed by atoms with van der Waals surface area (Å²) in [7, 11) is 0. The van der Waals surface area contributed by atoms with E-state index in [1.54, 1.807) is 0 Å². The van der Waals surface area contributed by atoms with Gasteiger partial charge in [0, 0.05) is 54.4 Å². The number of furan rings is 1. The third kappa shape index (κ3) is 4.03. The van der Waals surface area contributed by atoms with Gasteiger partial charge in [0.1, 0.15) is 11.2 Å². The number of fused-ring (bicyclic) bond motifs is 18. The number of hydrogen-bond acceptors (Lipinski definition) is 3. The molecule has 14 rings (SSSR count). The van der Waals surface area contributed by atoms with Crippen LogP contribution in [0, 0.1) is 0 Å². The summed E-state index contributed by atoms with van der Waals surface area (Å²) in [4.78, 5) is 11.2. The lowest BCUT2D eigenvalue weighted by Crippen LogP contribution is -2.04. The van der Waals surface area contributed by atoms with E-state index in [1.807, 2.05) is 12.1 Å². The molecular weight excluding hydrogens is 721 g/mol. The van der Waals surface area contributed by atoms with E-state index in [0.29, 0.717) is 5.95 Å². The van der Waals surface area contributed by atoms with Crippen LogP contribution in [-0.2, 0) is 0 Å². The Hall–Kier alpha value is -8.02. The zero-order valence-electron chi connectivity index (χ0n) is 31.5. The summed E-state index contributed by atoms with van der Waals surface area (Å²) in [6.45, 7) is 0. The van der Waals surface area contributed by atoms with Crippen molar-refractivity contribution in [3.8, 4) is 45.1 Å². The maximum Gasteiger partial charge on any atom is 0.235 e. The highest BCUT2D eigenvalue weighted by Gasteiger charge is 2.29. The van der Waals surface area contributed by atoms with E-state index < -0.39 is 0 Å². The summed E-state index contributed by atoms with van der Waals surface area (Å²) < 4.78 is 11.5. The van der Waals surface area contributed by atoms with Gasteiger partial charge in [-0.3, -0.25) is 4.57 Å². The molecule has 0 unspecified atom stereocenters. The lowest BCUT2D eigenvalue weighted by Gasteiger charge is -2.14. The van der Waals surface area contributed by atoms with Crippen LogP contribution in [0.3, 0.4) is 0 Å². The SMILES string of the molecule is c1ccc2c(c1)-c1ccccc1-n1c3ccccc3c3cc4c(c-2c31)c1ccccc1n4-c1nc(-c2cccc3c2oc2ccccc23)c2c(ccc3ccccc32)n1. The van der Waals surface area contributed by atoms with Gasteiger partial charge in [0.25, 0.3) is 0 Å². The van der Waals surface area contributed by atoms with Gasteiger partial charge in [-0.05, 0) is 64.4 Å². The first-order chi connectivity index (χ1) is 29.3. The molecular formula is C54H30N4O. The largest absolute Gasteiger partial charge is 0.455 e. The fourth-order valence-electron chi connectivity index (χ4n) is 10.3. The fraction of sp³-hybridized carbons (Fsp3) is 0. The van der Waals surface area contributed by atoms with Gasteiger partial charge in [-0.2, -0.15) is 0 Å². The Bertz CT molecular complexity index is 3980. The predicted octanol–water partition coefficient (Wildman–Crippen LogP) is 14.2. The molecule has 1 aliphatic rings. The number of para-hydroxylation sites is 5. The molecule has 0 atom stereocenters. The molecule has 5 heterocycles. The summed E-state index contributed by atoms with van der Waals surface area (Å²) in [5.74, 6) is 0.613. The molecule has 13 aromatic rings. The first kappa shape index (κ1) is 31.1. The monoisotopic (exact) mass is 750 g/mol. The van der Waals surface area contributed by atoms with Crippen LogP contribution in [0.1, 0.15) is 0 Å². The van der Waals surface area contributed by atoms with Crippen molar-refractivity contribution in [1.82, 2.24) is 19.1 Å². The summed E-state index contributed by atoms with van der Waals surface area (Å²) in [5.41, 5.74) is 14.9. The van der Waals surface area contributed by atoms with E-state index in [4.69, 9.17) is 14.4 Å². The van der Waals surface area contributed by atoms with Crippen molar-refractivity contribution in [2.24, 2.45) is 0 Å². The van der Waals surface area contributed by atoms with Crippen LogP contribution in [0.5, 0.6) is 0 Å². The van der Waals surface area contributed by atoms with Gasteiger partial charge >= 0.3 is 0 Å². The molecule has 5 heteroatoms. The topological polar surface area (TPSA) is 48.8 Å². The standard InChI is InChI=1S/C54H30N4O/c1-2-15-32-31(14-1)28-29-42-48(32)51(40-23-13-22-38-36-19-8-12-27-47(36)59-53(38)40)56-54(55-42)58-45-26-11-7-21-39(45)49-46(58)30-41-35-18-6-10-25-44(35)57-43-24-9-5-17-34(43)33-16-3-4-20-37(33)50(49)52(41)57/h1-30H. The van der Waals surface area contributed by atoms with Crippen LogP contribution in [0.25, 0.3) is 132 Å². The molecule has 59 heavy (non-hydrogen) atoms. The summed E-state index contributed by atoms with van der Waals surface area (Å²) in [6.07, 6.45) is 0. The number of hydrogen-bond donors (Lipinski definition) is 0. The van der Waals surface area contributed by atoms with Gasteiger partial charge in [0.15, 0.2) is 0 Å². The van der Waals surface area contributed by atoms with Crippen molar-refractivity contribution >= 4 is 87.2 Å². The van der Waals surface area contributed by atoms with Crippen LogP contribution < -0.4 is 0 Å². The van der Waals surface area contributed by atoms with Gasteiger partial charge in [-0.1, -0.05) is 140 Å². The van der Waals surface area contributed by atoms with E-state index in [-0.39, 0.29) is 0 Å². The van der Waals surface area contributed by atoms with E-state index in [2.05, 4.69) is 179 Å². The third-order valence-electron chi connectivity index (χ3n) is 12.7. The summed E-state index contributed by atoms with van der Waals surface area (Å²) >= 11 is 0. The molecule has 0 amide bonds. The maximum absolute atomic E-state index is 6.70. The van der Waals surface area contributed by atoms with Crippen molar-refractivity contribution in [2.45, 2.75) is 0 Å². The highest BCUT2D eigenvalue weighted by molar-refractivity contribution is 6.28. The van der Waals surface area contributed by atoms with Crippen LogP contribution >= 0.6 is 0 Å². The lowest BCUT2D eigenvalue weighted by atomic mass is 9.91. The molecule has 5 nitrogen and oxygen atoms in total. The van der Waals surface area contributed by atoms with Crippen molar-refractivity contribution in [3.05, 3.63) is 182 Å². The van der Waals surface area contributed by atoms with Gasteiger partial charge in [0.05, 0.1) is 39.0 Å². The first-order valence-electron chi connectivity index (χ1n) is 20.1. The van der Waals surface area contributed by atoms with Gasteiger partial charge in [-0.15, -0.1) is 0 Å². The number of benzene rings is 9. The predicted molar refractivity (Wildman–Crippen MR) is 243 cm³/mol. The van der Waals surface area contributed by atoms with E-state index in [9.17, 15) is 0 Å². The normalized spacial score (nSPS) is 12.4. The molecule has 0 radical (unpaired) electrons. The second-order valence-corrected chi connectivity index (χ2v) is 15.6. The second kappa shape index (κ2) is 11.3. The first-order valence-corrected chi connectivity index (χ1v) is 20.1. The lowest BCUT2D eigenvalue weighted by molar-refractivity contribution is 0.670. The van der Waals surface area contributed by atoms with Crippen molar-refractivity contribution in [1.29, 1.82) is 0 Å². The summed E-state index contributed by atoms with van der Waals surface area (Å²) in [6, 6.07) is 65.2. The molecule has 0 spiro atoms. The molecule has 0 aliphatic carbocycles. The van der Waals surface area contributed by atoms with E-state index in [1.165, 1.54) is 55.1 Å². The average Bonchev–Trinajstić information content (AvgIpc) is 3.93. The Kier molecular flexibility index (Phi) is 5.96. The molecule has 0 saturated carbocycles. The minimum Gasteiger partial charge on any atom is -0.455 e. The number of rotatable bonds is 2. The van der Waals surface area contributed by atoms with Gasteiger partial charge in [0.2, 0.25) is 5.95 Å². The minimum atomic E-state index is 0.613. The van der Waals surface area contributed by atoms with Gasteiger partial charge < -0.3 is 8.98 Å². The molecule has 272 valence electrons. The van der Waals surface area contributed by atoms with Crippen LogP contribution in [-0.4, -0.2) is 19.1 Å². The van der Waals surface area contributed by atoms with Crippen LogP contribution in [0.15, 0.2) is 186 Å². The van der Waals surface area contributed by atoms with Crippen LogP contribution in [0.4, 0.5) is 0 Å². The Labute approximate surface area is 336 Å². The Morgan fingerprint density at radius 3 is 1.95 bits per heavy atom. The minimum absolute atomic E-state index is 0.613. The number of nitrogens with zero attached hydrogens (tertiary/aromatic N) is 4. The van der Waals surface area contributed by atoms with Gasteiger partial charge in [-0.25, -0.2) is 9.97 Å². The smallest absolute Gasteiger partial charge is 0.235 e. The zero-order chi connectivity index (χ0) is 38.3. The molecule has 0 fully saturated rings. The fourth-order valence-corrected chi connectivity index (χ4v) is 10.3. The highest BCUT2D eigenvalue weighted by atomic mass is 16.3. The Morgan fingerprint density at radius 2 is 1.07 bits per heavy atom. The molecule has 0 bridgehead atoms. The van der Waals surface area contributed by atoms with Crippen molar-refractivity contribution < 1.29 is 4.42 Å². The molecule has 1 aliphatic heterocycles. The quantitative estimate of drug-likeness (QED) is 0.165. The number of aromatic nitrogens is 4. The Balaban J connectivity index is 1.18. The maximum atomic E-state index is 6.70. The van der Waals surface area contributed by atoms with Crippen molar-refractivity contribution in [3.63, 3.8) is 0 Å². The molecule has 4 aromatic heterocycles.